The van der Waals surface area contributed by atoms with Crippen molar-refractivity contribution in [3.63, 3.8) is 0 Å². The lowest BCUT2D eigenvalue weighted by Crippen LogP contribution is -1.86. The summed E-state index contributed by atoms with van der Waals surface area (Å²) in [4.78, 5) is 8.58. The Morgan fingerprint density at radius 1 is 1.05 bits per heavy atom. The number of benzene rings is 2. The first-order chi connectivity index (χ1) is 9.75. The lowest BCUT2D eigenvalue weighted by atomic mass is 10.2. The zero-order chi connectivity index (χ0) is 13.9. The average molecular weight is 266 g/mol. The van der Waals surface area contributed by atoms with Crippen LogP contribution in [0, 0.1) is 5.82 Å². The van der Waals surface area contributed by atoms with Crippen LogP contribution in [0.15, 0.2) is 59.7 Å². The highest BCUT2D eigenvalue weighted by Crippen LogP contribution is 2.24. The standard InChI is InChI=1S/C16H11FN2O/c17-13-7-1-5-12(16(13)20)10-19-14-8-2-4-11-6-3-9-18-15(11)14/h1-10,20H. The van der Waals surface area contributed by atoms with Gasteiger partial charge in [-0.15, -0.1) is 0 Å². The van der Waals surface area contributed by atoms with E-state index in [0.29, 0.717) is 11.3 Å². The number of pyridine rings is 1. The van der Waals surface area contributed by atoms with E-state index >= 15 is 0 Å². The van der Waals surface area contributed by atoms with Crippen molar-refractivity contribution in [1.29, 1.82) is 0 Å². The van der Waals surface area contributed by atoms with Crippen LogP contribution in [-0.2, 0) is 0 Å². The number of hydrogen-bond donors (Lipinski definition) is 1. The number of phenols is 1. The second-order valence-corrected chi connectivity index (χ2v) is 4.29. The Hall–Kier alpha value is -2.75. The maximum Gasteiger partial charge on any atom is 0.165 e. The molecule has 0 bridgehead atoms. The minimum Gasteiger partial charge on any atom is -0.504 e. The maximum atomic E-state index is 13.2. The molecule has 0 aliphatic heterocycles. The van der Waals surface area contributed by atoms with Crippen LogP contribution < -0.4 is 0 Å². The van der Waals surface area contributed by atoms with Gasteiger partial charge in [0.2, 0.25) is 0 Å². The Balaban J connectivity index is 2.05. The molecule has 0 amide bonds. The summed E-state index contributed by atoms with van der Waals surface area (Å²) in [5.41, 5.74) is 1.77. The highest BCUT2D eigenvalue weighted by atomic mass is 19.1. The first-order valence-corrected chi connectivity index (χ1v) is 6.11. The normalized spacial score (nSPS) is 11.2. The summed E-state index contributed by atoms with van der Waals surface area (Å²) in [6.45, 7) is 0. The Bertz CT molecular complexity index is 794. The second kappa shape index (κ2) is 5.09. The lowest BCUT2D eigenvalue weighted by Gasteiger charge is -2.01. The van der Waals surface area contributed by atoms with Crippen LogP contribution in [0.5, 0.6) is 5.75 Å². The van der Waals surface area contributed by atoms with E-state index in [1.165, 1.54) is 18.3 Å². The van der Waals surface area contributed by atoms with Gasteiger partial charge in [0.1, 0.15) is 0 Å². The van der Waals surface area contributed by atoms with Gasteiger partial charge in [0.15, 0.2) is 11.6 Å². The third-order valence-electron chi connectivity index (χ3n) is 2.97. The summed E-state index contributed by atoms with van der Waals surface area (Å²) in [5.74, 6) is -1.06. The number of aromatic hydroxyl groups is 1. The van der Waals surface area contributed by atoms with Gasteiger partial charge in [-0.05, 0) is 24.3 Å². The van der Waals surface area contributed by atoms with Crippen LogP contribution in [0.25, 0.3) is 10.9 Å². The second-order valence-electron chi connectivity index (χ2n) is 4.29. The van der Waals surface area contributed by atoms with Gasteiger partial charge < -0.3 is 5.11 Å². The minimum atomic E-state index is -0.662. The third kappa shape index (κ3) is 2.23. The van der Waals surface area contributed by atoms with Crippen LogP contribution in [0.1, 0.15) is 5.56 Å². The van der Waals surface area contributed by atoms with Crippen molar-refractivity contribution in [3.8, 4) is 5.75 Å². The highest BCUT2D eigenvalue weighted by molar-refractivity contribution is 5.93. The van der Waals surface area contributed by atoms with Crippen LogP contribution in [-0.4, -0.2) is 16.3 Å². The number of hydrogen-bond acceptors (Lipinski definition) is 3. The summed E-state index contributed by atoms with van der Waals surface area (Å²) in [7, 11) is 0. The van der Waals surface area contributed by atoms with Gasteiger partial charge in [0, 0.05) is 23.4 Å². The lowest BCUT2D eigenvalue weighted by molar-refractivity contribution is 0.431. The molecule has 0 saturated heterocycles. The van der Waals surface area contributed by atoms with E-state index in [1.54, 1.807) is 12.3 Å². The largest absolute Gasteiger partial charge is 0.504 e. The van der Waals surface area contributed by atoms with E-state index in [-0.39, 0.29) is 0 Å². The van der Waals surface area contributed by atoms with Gasteiger partial charge in [-0.25, -0.2) is 4.39 Å². The molecule has 1 heterocycles. The molecule has 20 heavy (non-hydrogen) atoms. The molecular weight excluding hydrogens is 255 g/mol. The molecule has 3 rings (SSSR count). The number of fused-ring (bicyclic) bond motifs is 1. The van der Waals surface area contributed by atoms with Crippen molar-refractivity contribution in [2.75, 3.05) is 0 Å². The molecule has 3 nitrogen and oxygen atoms in total. The van der Waals surface area contributed by atoms with Crippen molar-refractivity contribution in [3.05, 3.63) is 66.1 Å². The Kier molecular flexibility index (Phi) is 3.13. The van der Waals surface area contributed by atoms with Crippen molar-refractivity contribution in [2.45, 2.75) is 0 Å². The van der Waals surface area contributed by atoms with Crippen LogP contribution in [0.4, 0.5) is 10.1 Å². The van der Waals surface area contributed by atoms with Gasteiger partial charge >= 0.3 is 0 Å². The van der Waals surface area contributed by atoms with E-state index in [9.17, 15) is 9.50 Å². The number of phenolic OH excluding ortho intramolecular Hbond substituents is 1. The molecule has 2 aromatic carbocycles. The number of para-hydroxylation sites is 2. The Labute approximate surface area is 115 Å². The van der Waals surface area contributed by atoms with E-state index in [4.69, 9.17) is 0 Å². The van der Waals surface area contributed by atoms with E-state index in [1.807, 2.05) is 30.3 Å². The Morgan fingerprint density at radius 3 is 2.75 bits per heavy atom. The van der Waals surface area contributed by atoms with E-state index < -0.39 is 11.6 Å². The fourth-order valence-corrected chi connectivity index (χ4v) is 1.97. The summed E-state index contributed by atoms with van der Waals surface area (Å²) in [5, 5.41) is 10.6. The maximum absolute atomic E-state index is 13.2. The highest BCUT2D eigenvalue weighted by Gasteiger charge is 2.04. The number of nitrogens with zero attached hydrogens (tertiary/aromatic N) is 2. The van der Waals surface area contributed by atoms with Crippen molar-refractivity contribution in [2.24, 2.45) is 4.99 Å². The van der Waals surface area contributed by atoms with Crippen LogP contribution >= 0.6 is 0 Å². The zero-order valence-corrected chi connectivity index (χ0v) is 10.5. The summed E-state index contributed by atoms with van der Waals surface area (Å²) < 4.78 is 13.2. The molecule has 0 aliphatic carbocycles. The van der Waals surface area contributed by atoms with Gasteiger partial charge in [0.25, 0.3) is 0 Å². The van der Waals surface area contributed by atoms with Crippen molar-refractivity contribution < 1.29 is 9.50 Å². The molecule has 4 heteroatoms. The van der Waals surface area contributed by atoms with Gasteiger partial charge in [-0.3, -0.25) is 9.98 Å². The van der Waals surface area contributed by atoms with Gasteiger partial charge in [-0.1, -0.05) is 24.3 Å². The Morgan fingerprint density at radius 2 is 1.85 bits per heavy atom. The predicted molar refractivity (Wildman–Crippen MR) is 77.1 cm³/mol. The molecule has 0 aliphatic rings. The molecule has 0 fully saturated rings. The van der Waals surface area contributed by atoms with E-state index in [2.05, 4.69) is 9.98 Å². The van der Waals surface area contributed by atoms with E-state index in [0.717, 1.165) is 10.9 Å². The van der Waals surface area contributed by atoms with Crippen LogP contribution in [0.2, 0.25) is 0 Å². The fraction of sp³-hybridized carbons (Fsp3) is 0. The monoisotopic (exact) mass is 266 g/mol. The number of aromatic nitrogens is 1. The smallest absolute Gasteiger partial charge is 0.165 e. The zero-order valence-electron chi connectivity index (χ0n) is 10.5. The summed E-state index contributed by atoms with van der Waals surface area (Å²) in [6, 6.07) is 13.8. The fourth-order valence-electron chi connectivity index (χ4n) is 1.97. The minimum absolute atomic E-state index is 0.331. The molecule has 0 unspecified atom stereocenters. The third-order valence-corrected chi connectivity index (χ3v) is 2.97. The molecule has 0 atom stereocenters. The SMILES string of the molecule is Oc1c(F)cccc1C=Nc1cccc2cccnc12. The van der Waals surface area contributed by atoms with Gasteiger partial charge in [0.05, 0.1) is 11.2 Å². The molecule has 1 N–H and O–H groups in total. The predicted octanol–water partition coefficient (Wildman–Crippen LogP) is 3.83. The number of rotatable bonds is 2. The first kappa shape index (κ1) is 12.3. The first-order valence-electron chi connectivity index (χ1n) is 6.11. The number of aliphatic imine (C=N–C) groups is 1. The molecule has 0 radical (unpaired) electrons. The molecule has 1 aromatic heterocycles. The quantitative estimate of drug-likeness (QED) is 0.716. The average Bonchev–Trinajstić information content (AvgIpc) is 2.49. The molecule has 0 saturated carbocycles. The van der Waals surface area contributed by atoms with Crippen LogP contribution in [0.3, 0.4) is 0 Å². The summed E-state index contributed by atoms with van der Waals surface area (Å²) >= 11 is 0. The molecule has 3 aromatic rings. The van der Waals surface area contributed by atoms with Gasteiger partial charge in [-0.2, -0.15) is 0 Å². The number of halogens is 1. The topological polar surface area (TPSA) is 45.5 Å². The summed E-state index contributed by atoms with van der Waals surface area (Å²) in [6.07, 6.45) is 3.13. The van der Waals surface area contributed by atoms with Crippen molar-refractivity contribution in [1.82, 2.24) is 4.98 Å². The molecular formula is C16H11FN2O. The molecule has 98 valence electrons. The molecule has 0 spiro atoms. The van der Waals surface area contributed by atoms with Crippen molar-refractivity contribution >= 4 is 22.8 Å².